The number of anilines is 2. The van der Waals surface area contributed by atoms with Gasteiger partial charge in [-0.05, 0) is 44.2 Å². The lowest BCUT2D eigenvalue weighted by Crippen LogP contribution is -2.22. The number of aryl methyl sites for hydroxylation is 1. The van der Waals surface area contributed by atoms with E-state index in [1.165, 1.54) is 0 Å². The Morgan fingerprint density at radius 2 is 2.05 bits per heavy atom. The summed E-state index contributed by atoms with van der Waals surface area (Å²) < 4.78 is 5.28. The van der Waals surface area contributed by atoms with Gasteiger partial charge in [-0.25, -0.2) is 0 Å². The molecule has 0 spiro atoms. The molecule has 0 saturated heterocycles. The molecule has 20 heavy (non-hydrogen) atoms. The van der Waals surface area contributed by atoms with Crippen molar-refractivity contribution in [3.05, 3.63) is 42.1 Å². The molecule has 0 saturated carbocycles. The molecule has 0 atom stereocenters. The molecule has 2 aromatic rings. The Balaban J connectivity index is 2.32. The van der Waals surface area contributed by atoms with Crippen molar-refractivity contribution < 1.29 is 4.74 Å². The van der Waals surface area contributed by atoms with E-state index in [1.54, 1.807) is 7.11 Å². The van der Waals surface area contributed by atoms with Crippen molar-refractivity contribution in [3.63, 3.8) is 0 Å². The summed E-state index contributed by atoms with van der Waals surface area (Å²) in [7, 11) is 1.66. The predicted octanol–water partition coefficient (Wildman–Crippen LogP) is 2.28. The lowest BCUT2D eigenvalue weighted by Gasteiger charge is -2.23. The first-order valence-corrected chi connectivity index (χ1v) is 6.66. The highest BCUT2D eigenvalue weighted by Crippen LogP contribution is 2.26. The van der Waals surface area contributed by atoms with Crippen LogP contribution in [0.3, 0.4) is 0 Å². The summed E-state index contributed by atoms with van der Waals surface area (Å²) in [4.78, 5) is 2.10. The van der Waals surface area contributed by atoms with Gasteiger partial charge in [-0.2, -0.15) is 5.10 Å². The molecule has 0 aliphatic heterocycles. The number of benzene rings is 1. The molecule has 0 radical (unpaired) electrons. The summed E-state index contributed by atoms with van der Waals surface area (Å²) >= 11 is 0. The van der Waals surface area contributed by atoms with Gasteiger partial charge in [0.05, 0.1) is 12.8 Å². The molecule has 0 aliphatic carbocycles. The molecule has 1 aromatic heterocycles. The topological polar surface area (TPSA) is 64.3 Å². The van der Waals surface area contributed by atoms with E-state index in [-0.39, 0.29) is 0 Å². The van der Waals surface area contributed by atoms with Gasteiger partial charge in [0.1, 0.15) is 5.75 Å². The summed E-state index contributed by atoms with van der Waals surface area (Å²) in [5.41, 5.74) is 7.55. The molecule has 0 bridgehead atoms. The Bertz CT molecular complexity index is 542. The SMILES string of the molecule is COc1cccc(N(CCCN)c2ccc(C)nn2)c1. The second-order valence-electron chi connectivity index (χ2n) is 4.53. The zero-order valence-electron chi connectivity index (χ0n) is 11.9. The zero-order valence-corrected chi connectivity index (χ0v) is 11.9. The first-order chi connectivity index (χ1) is 9.74. The van der Waals surface area contributed by atoms with Gasteiger partial charge in [0.2, 0.25) is 0 Å². The molecule has 2 N–H and O–H groups in total. The summed E-state index contributed by atoms with van der Waals surface area (Å²) in [5.74, 6) is 1.64. The van der Waals surface area contributed by atoms with Crippen LogP contribution in [0.15, 0.2) is 36.4 Å². The summed E-state index contributed by atoms with van der Waals surface area (Å²) in [6.07, 6.45) is 0.882. The second-order valence-corrected chi connectivity index (χ2v) is 4.53. The maximum absolute atomic E-state index is 5.63. The number of rotatable bonds is 6. The number of aromatic nitrogens is 2. The molecule has 0 fully saturated rings. The number of hydrogen-bond acceptors (Lipinski definition) is 5. The standard InChI is InChI=1S/C15H20N4O/c1-12-7-8-15(18-17-12)19(10-4-9-16)13-5-3-6-14(11-13)20-2/h3,5-8,11H,4,9-10,16H2,1-2H3. The minimum atomic E-state index is 0.639. The quantitative estimate of drug-likeness (QED) is 0.874. The van der Waals surface area contributed by atoms with Crippen LogP contribution in [0.1, 0.15) is 12.1 Å². The third-order valence-electron chi connectivity index (χ3n) is 3.01. The molecular weight excluding hydrogens is 252 g/mol. The smallest absolute Gasteiger partial charge is 0.155 e. The Kier molecular flexibility index (Phi) is 4.90. The van der Waals surface area contributed by atoms with Crippen molar-refractivity contribution in [3.8, 4) is 5.75 Å². The van der Waals surface area contributed by atoms with E-state index in [0.29, 0.717) is 6.54 Å². The fourth-order valence-electron chi connectivity index (χ4n) is 1.94. The van der Waals surface area contributed by atoms with E-state index in [9.17, 15) is 0 Å². The maximum atomic E-state index is 5.63. The first kappa shape index (κ1) is 14.3. The highest BCUT2D eigenvalue weighted by Gasteiger charge is 2.11. The van der Waals surface area contributed by atoms with E-state index >= 15 is 0 Å². The van der Waals surface area contributed by atoms with Gasteiger partial charge in [-0.15, -0.1) is 5.10 Å². The van der Waals surface area contributed by atoms with Crippen molar-refractivity contribution in [2.75, 3.05) is 25.1 Å². The predicted molar refractivity (Wildman–Crippen MR) is 80.4 cm³/mol. The van der Waals surface area contributed by atoms with Crippen molar-refractivity contribution in [1.82, 2.24) is 10.2 Å². The van der Waals surface area contributed by atoms with Crippen LogP contribution in [0, 0.1) is 6.92 Å². The van der Waals surface area contributed by atoms with Gasteiger partial charge in [0, 0.05) is 18.3 Å². The number of methoxy groups -OCH3 is 1. The van der Waals surface area contributed by atoms with Gasteiger partial charge >= 0.3 is 0 Å². The van der Waals surface area contributed by atoms with Crippen molar-refractivity contribution in [2.24, 2.45) is 5.73 Å². The van der Waals surface area contributed by atoms with Gasteiger partial charge < -0.3 is 15.4 Å². The third kappa shape index (κ3) is 3.45. The largest absolute Gasteiger partial charge is 0.497 e. The molecule has 5 nitrogen and oxygen atoms in total. The molecule has 1 aromatic carbocycles. The molecule has 0 amide bonds. The first-order valence-electron chi connectivity index (χ1n) is 6.66. The molecule has 0 unspecified atom stereocenters. The Hall–Kier alpha value is -2.14. The monoisotopic (exact) mass is 272 g/mol. The fourth-order valence-corrected chi connectivity index (χ4v) is 1.94. The average Bonchev–Trinajstić information content (AvgIpc) is 2.49. The zero-order chi connectivity index (χ0) is 14.4. The lowest BCUT2D eigenvalue weighted by molar-refractivity contribution is 0.415. The van der Waals surface area contributed by atoms with E-state index in [1.807, 2.05) is 43.3 Å². The fraction of sp³-hybridized carbons (Fsp3) is 0.333. The van der Waals surface area contributed by atoms with Gasteiger partial charge in [-0.1, -0.05) is 6.07 Å². The summed E-state index contributed by atoms with van der Waals surface area (Å²) in [6, 6.07) is 11.8. The van der Waals surface area contributed by atoms with Gasteiger partial charge in [0.25, 0.3) is 0 Å². The summed E-state index contributed by atoms with van der Waals surface area (Å²) in [6.45, 7) is 3.35. The van der Waals surface area contributed by atoms with Gasteiger partial charge in [0.15, 0.2) is 5.82 Å². The third-order valence-corrected chi connectivity index (χ3v) is 3.01. The van der Waals surface area contributed by atoms with E-state index in [2.05, 4.69) is 15.1 Å². The Labute approximate surface area is 119 Å². The number of hydrogen-bond donors (Lipinski definition) is 1. The maximum Gasteiger partial charge on any atom is 0.155 e. The average molecular weight is 272 g/mol. The molecule has 106 valence electrons. The molecule has 1 heterocycles. The van der Waals surface area contributed by atoms with Crippen LogP contribution >= 0.6 is 0 Å². The van der Waals surface area contributed by atoms with Crippen molar-refractivity contribution >= 4 is 11.5 Å². The highest BCUT2D eigenvalue weighted by atomic mass is 16.5. The van der Waals surface area contributed by atoms with Crippen LogP contribution < -0.4 is 15.4 Å². The molecule has 5 heteroatoms. The van der Waals surface area contributed by atoms with Crippen LogP contribution in [-0.2, 0) is 0 Å². The molecular formula is C15H20N4O. The van der Waals surface area contributed by atoms with Crippen LogP contribution in [0.5, 0.6) is 5.75 Å². The summed E-state index contributed by atoms with van der Waals surface area (Å²) in [5, 5.41) is 8.38. The van der Waals surface area contributed by atoms with E-state index < -0.39 is 0 Å². The van der Waals surface area contributed by atoms with E-state index in [0.717, 1.165) is 35.9 Å². The second kappa shape index (κ2) is 6.86. The number of ether oxygens (including phenoxy) is 1. The minimum absolute atomic E-state index is 0.639. The van der Waals surface area contributed by atoms with Crippen molar-refractivity contribution in [2.45, 2.75) is 13.3 Å². The Morgan fingerprint density at radius 3 is 2.70 bits per heavy atom. The van der Waals surface area contributed by atoms with Gasteiger partial charge in [-0.3, -0.25) is 0 Å². The van der Waals surface area contributed by atoms with Crippen molar-refractivity contribution in [1.29, 1.82) is 0 Å². The minimum Gasteiger partial charge on any atom is -0.497 e. The number of nitrogens with two attached hydrogens (primary N) is 1. The van der Waals surface area contributed by atoms with Crippen LogP contribution in [0.25, 0.3) is 0 Å². The van der Waals surface area contributed by atoms with Crippen LogP contribution in [0.2, 0.25) is 0 Å². The number of nitrogens with zero attached hydrogens (tertiary/aromatic N) is 3. The highest BCUT2D eigenvalue weighted by molar-refractivity contribution is 5.61. The Morgan fingerprint density at radius 1 is 1.20 bits per heavy atom. The molecule has 2 rings (SSSR count). The lowest BCUT2D eigenvalue weighted by atomic mass is 10.2. The van der Waals surface area contributed by atoms with Crippen LogP contribution in [0.4, 0.5) is 11.5 Å². The normalized spacial score (nSPS) is 10.3. The van der Waals surface area contributed by atoms with Crippen LogP contribution in [-0.4, -0.2) is 30.4 Å². The molecule has 0 aliphatic rings. The van der Waals surface area contributed by atoms with E-state index in [4.69, 9.17) is 10.5 Å².